The number of pyridine rings is 1. The molecule has 8 heteroatoms. The van der Waals surface area contributed by atoms with Crippen LogP contribution in [0.3, 0.4) is 0 Å². The van der Waals surface area contributed by atoms with Crippen molar-refractivity contribution in [2.24, 2.45) is 0 Å². The lowest BCUT2D eigenvalue weighted by Crippen LogP contribution is -2.38. The highest BCUT2D eigenvalue weighted by Gasteiger charge is 2.12. The lowest BCUT2D eigenvalue weighted by Gasteiger charge is -2.26. The molecule has 2 heterocycles. The van der Waals surface area contributed by atoms with Crippen molar-refractivity contribution in [2.45, 2.75) is 19.7 Å². The summed E-state index contributed by atoms with van der Waals surface area (Å²) >= 11 is 0. The minimum absolute atomic E-state index is 0.506. The van der Waals surface area contributed by atoms with Crippen LogP contribution in [0.4, 0.5) is 5.82 Å². The van der Waals surface area contributed by atoms with Crippen LogP contribution in [-0.2, 0) is 33.9 Å². The Morgan fingerprint density at radius 1 is 0.789 bits per heavy atom. The first-order valence-corrected chi connectivity index (χ1v) is 13.1. The average molecular weight is 522 g/mol. The summed E-state index contributed by atoms with van der Waals surface area (Å²) in [7, 11) is 3.38. The Kier molecular flexibility index (Phi) is 11.2. The van der Waals surface area contributed by atoms with Gasteiger partial charge in [-0.05, 0) is 47.0 Å². The molecule has 0 aliphatic carbocycles. The smallest absolute Gasteiger partial charge is 0.129 e. The van der Waals surface area contributed by atoms with Crippen LogP contribution in [0, 0.1) is 0 Å². The average Bonchev–Trinajstić information content (AvgIpc) is 2.97. The van der Waals surface area contributed by atoms with Gasteiger partial charge in [-0.15, -0.1) is 0 Å². The number of ether oxygens (including phenoxy) is 5. The number of hydrogen-bond donors (Lipinski definition) is 0. The van der Waals surface area contributed by atoms with Crippen molar-refractivity contribution in [3.8, 4) is 11.5 Å². The standard InChI is InChI=1S/C30H39N3O5/c1-34-28-7-3-5-25(19-28)22-33(23-26-6-4-8-29(20-26)35-2)30-10-9-27(21-31-30)24-38-18-17-37-16-13-32-11-14-36-15-12-32/h3-10,19-21H,11-18,22-24H2,1-2H3. The predicted molar refractivity (Wildman–Crippen MR) is 148 cm³/mol. The lowest BCUT2D eigenvalue weighted by atomic mass is 10.1. The molecule has 1 saturated heterocycles. The summed E-state index contributed by atoms with van der Waals surface area (Å²) in [6, 6.07) is 20.4. The predicted octanol–water partition coefficient (Wildman–Crippen LogP) is 4.17. The van der Waals surface area contributed by atoms with Crippen LogP contribution in [0.25, 0.3) is 0 Å². The van der Waals surface area contributed by atoms with Gasteiger partial charge in [-0.25, -0.2) is 4.98 Å². The first-order valence-electron chi connectivity index (χ1n) is 13.1. The molecule has 1 aromatic heterocycles. The fourth-order valence-corrected chi connectivity index (χ4v) is 4.32. The van der Waals surface area contributed by atoms with Gasteiger partial charge in [0.15, 0.2) is 0 Å². The first kappa shape index (κ1) is 27.9. The van der Waals surface area contributed by atoms with Crippen molar-refractivity contribution >= 4 is 5.82 Å². The summed E-state index contributed by atoms with van der Waals surface area (Å²) < 4.78 is 27.8. The number of anilines is 1. The number of hydrogen-bond acceptors (Lipinski definition) is 8. The largest absolute Gasteiger partial charge is 0.497 e. The Labute approximate surface area is 226 Å². The van der Waals surface area contributed by atoms with Gasteiger partial charge in [-0.1, -0.05) is 30.3 Å². The molecule has 0 spiro atoms. The Bertz CT molecular complexity index is 1040. The Morgan fingerprint density at radius 3 is 2.05 bits per heavy atom. The van der Waals surface area contributed by atoms with Crippen molar-refractivity contribution in [1.82, 2.24) is 9.88 Å². The second kappa shape index (κ2) is 15.3. The van der Waals surface area contributed by atoms with Gasteiger partial charge in [0.25, 0.3) is 0 Å². The van der Waals surface area contributed by atoms with Crippen LogP contribution >= 0.6 is 0 Å². The van der Waals surface area contributed by atoms with Gasteiger partial charge in [0.2, 0.25) is 0 Å². The minimum Gasteiger partial charge on any atom is -0.497 e. The van der Waals surface area contributed by atoms with E-state index in [9.17, 15) is 0 Å². The number of methoxy groups -OCH3 is 2. The molecule has 0 saturated carbocycles. The zero-order valence-corrected chi connectivity index (χ0v) is 22.5. The monoisotopic (exact) mass is 521 g/mol. The highest BCUT2D eigenvalue weighted by molar-refractivity contribution is 5.43. The highest BCUT2D eigenvalue weighted by Crippen LogP contribution is 2.22. The molecule has 0 unspecified atom stereocenters. The van der Waals surface area contributed by atoms with Gasteiger partial charge >= 0.3 is 0 Å². The molecular formula is C30H39N3O5. The number of nitrogens with zero attached hydrogens (tertiary/aromatic N) is 3. The molecule has 0 N–H and O–H groups in total. The molecular weight excluding hydrogens is 482 g/mol. The second-order valence-electron chi connectivity index (χ2n) is 9.20. The number of rotatable bonds is 15. The van der Waals surface area contributed by atoms with Gasteiger partial charge in [-0.2, -0.15) is 0 Å². The highest BCUT2D eigenvalue weighted by atomic mass is 16.5. The third-order valence-corrected chi connectivity index (χ3v) is 6.44. The summed E-state index contributed by atoms with van der Waals surface area (Å²) in [5.74, 6) is 2.58. The van der Waals surface area contributed by atoms with E-state index in [1.54, 1.807) is 14.2 Å². The molecule has 1 aliphatic heterocycles. The van der Waals surface area contributed by atoms with Gasteiger partial charge < -0.3 is 28.6 Å². The summed E-state index contributed by atoms with van der Waals surface area (Å²) in [6.45, 7) is 8.30. The van der Waals surface area contributed by atoms with E-state index in [1.807, 2.05) is 30.5 Å². The van der Waals surface area contributed by atoms with Crippen molar-refractivity contribution in [2.75, 3.05) is 71.8 Å². The summed E-state index contributed by atoms with van der Waals surface area (Å²) in [5.41, 5.74) is 3.33. The number of morpholine rings is 1. The van der Waals surface area contributed by atoms with Gasteiger partial charge in [0.05, 0.1) is 53.9 Å². The Hall–Kier alpha value is -3.17. The van der Waals surface area contributed by atoms with Crippen molar-refractivity contribution in [3.63, 3.8) is 0 Å². The minimum atomic E-state index is 0.506. The molecule has 3 aromatic rings. The molecule has 0 amide bonds. The topological polar surface area (TPSA) is 65.5 Å². The summed E-state index contributed by atoms with van der Waals surface area (Å²) in [4.78, 5) is 9.38. The van der Waals surface area contributed by atoms with E-state index in [2.05, 4.69) is 46.2 Å². The molecule has 2 aromatic carbocycles. The van der Waals surface area contributed by atoms with E-state index in [1.165, 1.54) is 0 Å². The lowest BCUT2D eigenvalue weighted by molar-refractivity contribution is 0.00583. The fourth-order valence-electron chi connectivity index (χ4n) is 4.32. The third kappa shape index (κ3) is 8.99. The third-order valence-electron chi connectivity index (χ3n) is 6.44. The Morgan fingerprint density at radius 2 is 1.45 bits per heavy atom. The van der Waals surface area contributed by atoms with Crippen molar-refractivity contribution < 1.29 is 23.7 Å². The summed E-state index contributed by atoms with van der Waals surface area (Å²) in [6.07, 6.45) is 1.89. The van der Waals surface area contributed by atoms with E-state index >= 15 is 0 Å². The van der Waals surface area contributed by atoms with Crippen molar-refractivity contribution in [3.05, 3.63) is 83.6 Å². The normalized spacial score (nSPS) is 13.8. The van der Waals surface area contributed by atoms with E-state index in [0.717, 1.165) is 73.5 Å². The maximum Gasteiger partial charge on any atom is 0.129 e. The zero-order valence-electron chi connectivity index (χ0n) is 22.5. The number of aromatic nitrogens is 1. The first-order chi connectivity index (χ1) is 18.7. The molecule has 0 radical (unpaired) electrons. The van der Waals surface area contributed by atoms with E-state index in [-0.39, 0.29) is 0 Å². The molecule has 0 atom stereocenters. The van der Waals surface area contributed by atoms with Crippen LogP contribution in [0.1, 0.15) is 16.7 Å². The molecule has 4 rings (SSSR count). The second-order valence-corrected chi connectivity index (χ2v) is 9.20. The van der Waals surface area contributed by atoms with Gasteiger partial charge in [-0.3, -0.25) is 4.90 Å². The van der Waals surface area contributed by atoms with Gasteiger partial charge in [0.1, 0.15) is 17.3 Å². The van der Waals surface area contributed by atoms with Crippen LogP contribution in [0.15, 0.2) is 66.9 Å². The fraction of sp³-hybridized carbons (Fsp3) is 0.433. The van der Waals surface area contributed by atoms with Crippen LogP contribution in [-0.4, -0.2) is 76.8 Å². The quantitative estimate of drug-likeness (QED) is 0.276. The maximum atomic E-state index is 5.81. The Balaban J connectivity index is 1.29. The van der Waals surface area contributed by atoms with Gasteiger partial charge in [0, 0.05) is 38.9 Å². The van der Waals surface area contributed by atoms with Crippen molar-refractivity contribution in [1.29, 1.82) is 0 Å². The zero-order chi connectivity index (χ0) is 26.4. The van der Waals surface area contributed by atoms with Crippen LogP contribution < -0.4 is 14.4 Å². The molecule has 1 fully saturated rings. The van der Waals surface area contributed by atoms with E-state index in [4.69, 9.17) is 28.7 Å². The molecule has 38 heavy (non-hydrogen) atoms. The number of benzene rings is 2. The summed E-state index contributed by atoms with van der Waals surface area (Å²) in [5, 5.41) is 0. The molecule has 0 bridgehead atoms. The maximum absolute atomic E-state index is 5.81. The molecule has 204 valence electrons. The SMILES string of the molecule is COc1cccc(CN(Cc2cccc(OC)c2)c2ccc(COCCOCCN3CCOCC3)cn2)c1. The van der Waals surface area contributed by atoms with Crippen LogP contribution in [0.2, 0.25) is 0 Å². The van der Waals surface area contributed by atoms with E-state index < -0.39 is 0 Å². The van der Waals surface area contributed by atoms with E-state index in [0.29, 0.717) is 32.9 Å². The van der Waals surface area contributed by atoms with Crippen LogP contribution in [0.5, 0.6) is 11.5 Å². The molecule has 1 aliphatic rings. The molecule has 8 nitrogen and oxygen atoms in total.